The van der Waals surface area contributed by atoms with Crippen molar-refractivity contribution in [2.24, 2.45) is 0 Å². The van der Waals surface area contributed by atoms with Crippen LogP contribution < -0.4 is 4.72 Å². The molecule has 72 valence electrons. The van der Waals surface area contributed by atoms with Crippen LogP contribution in [-0.4, -0.2) is 31.8 Å². The summed E-state index contributed by atoms with van der Waals surface area (Å²) in [6, 6.07) is 0. The standard InChI is InChI=1S/C6H13NO4S/c1-2-12(10,11)7-5-3-4-6(8)9/h7H,2-5H2,1H3,(H,8,9). The average molecular weight is 195 g/mol. The Hall–Kier alpha value is -0.620. The Bertz CT molecular complexity index is 234. The van der Waals surface area contributed by atoms with E-state index in [2.05, 4.69) is 4.72 Å². The summed E-state index contributed by atoms with van der Waals surface area (Å²) < 4.78 is 23.8. The molecule has 0 bridgehead atoms. The second kappa shape index (κ2) is 5.10. The molecule has 5 nitrogen and oxygen atoms in total. The van der Waals surface area contributed by atoms with Crippen LogP contribution in [0.1, 0.15) is 19.8 Å². The van der Waals surface area contributed by atoms with E-state index in [1.54, 1.807) is 0 Å². The van der Waals surface area contributed by atoms with E-state index >= 15 is 0 Å². The van der Waals surface area contributed by atoms with Gasteiger partial charge in [0.05, 0.1) is 5.75 Å². The number of rotatable bonds is 6. The Balaban J connectivity index is 3.51. The zero-order chi connectivity index (χ0) is 9.61. The van der Waals surface area contributed by atoms with Crippen LogP contribution in [0.5, 0.6) is 0 Å². The van der Waals surface area contributed by atoms with Crippen LogP contribution in [0.15, 0.2) is 0 Å². The van der Waals surface area contributed by atoms with Crippen molar-refractivity contribution in [3.8, 4) is 0 Å². The van der Waals surface area contributed by atoms with Crippen LogP contribution in [0.2, 0.25) is 0 Å². The Morgan fingerprint density at radius 2 is 2.08 bits per heavy atom. The van der Waals surface area contributed by atoms with E-state index in [0.29, 0.717) is 6.42 Å². The highest BCUT2D eigenvalue weighted by atomic mass is 32.2. The molecule has 0 saturated carbocycles. The van der Waals surface area contributed by atoms with Crippen LogP contribution in [-0.2, 0) is 14.8 Å². The third kappa shape index (κ3) is 6.11. The van der Waals surface area contributed by atoms with Crippen molar-refractivity contribution in [2.45, 2.75) is 19.8 Å². The summed E-state index contributed by atoms with van der Waals surface area (Å²) >= 11 is 0. The summed E-state index contributed by atoms with van der Waals surface area (Å²) in [4.78, 5) is 10.0. The molecule has 0 aliphatic rings. The first-order chi connectivity index (χ1) is 5.48. The number of aliphatic carboxylic acids is 1. The van der Waals surface area contributed by atoms with Gasteiger partial charge in [0.1, 0.15) is 0 Å². The molecule has 12 heavy (non-hydrogen) atoms. The molecule has 0 saturated heterocycles. The maximum absolute atomic E-state index is 10.8. The molecule has 0 aliphatic carbocycles. The molecule has 0 amide bonds. The third-order valence-corrected chi connectivity index (χ3v) is 2.67. The number of carboxylic acid groups (broad SMARTS) is 1. The molecule has 6 heteroatoms. The highest BCUT2D eigenvalue weighted by molar-refractivity contribution is 7.89. The average Bonchev–Trinajstić information content (AvgIpc) is 1.98. The largest absolute Gasteiger partial charge is 0.481 e. The molecule has 0 aromatic carbocycles. The first-order valence-electron chi connectivity index (χ1n) is 3.67. The summed E-state index contributed by atoms with van der Waals surface area (Å²) in [5.74, 6) is -0.884. The minimum absolute atomic E-state index is 0.00770. The van der Waals surface area contributed by atoms with Gasteiger partial charge in [-0.2, -0.15) is 0 Å². The number of sulfonamides is 1. The summed E-state index contributed by atoms with van der Waals surface area (Å²) in [7, 11) is -3.16. The van der Waals surface area contributed by atoms with E-state index in [4.69, 9.17) is 5.11 Å². The Kier molecular flexibility index (Phi) is 4.84. The molecular formula is C6H13NO4S. The second-order valence-corrected chi connectivity index (χ2v) is 4.39. The molecule has 2 N–H and O–H groups in total. The molecule has 0 rings (SSSR count). The van der Waals surface area contributed by atoms with Crippen molar-refractivity contribution in [3.63, 3.8) is 0 Å². The van der Waals surface area contributed by atoms with Gasteiger partial charge < -0.3 is 5.11 Å². The monoisotopic (exact) mass is 195 g/mol. The van der Waals surface area contributed by atoms with E-state index in [0.717, 1.165) is 0 Å². The normalized spacial score (nSPS) is 11.4. The molecule has 0 heterocycles. The number of nitrogens with one attached hydrogen (secondary N) is 1. The molecule has 0 atom stereocenters. The van der Waals surface area contributed by atoms with Crippen molar-refractivity contribution >= 4 is 16.0 Å². The van der Waals surface area contributed by atoms with Gasteiger partial charge in [0.15, 0.2) is 0 Å². The Morgan fingerprint density at radius 1 is 1.50 bits per heavy atom. The van der Waals surface area contributed by atoms with Gasteiger partial charge in [-0.3, -0.25) is 4.79 Å². The predicted octanol–water partition coefficient (Wildman–Crippen LogP) is -0.210. The minimum Gasteiger partial charge on any atom is -0.481 e. The fourth-order valence-corrected chi connectivity index (χ4v) is 1.23. The van der Waals surface area contributed by atoms with Gasteiger partial charge in [-0.1, -0.05) is 0 Å². The maximum atomic E-state index is 10.8. The van der Waals surface area contributed by atoms with Crippen molar-refractivity contribution in [1.82, 2.24) is 4.72 Å². The van der Waals surface area contributed by atoms with Crippen LogP contribution >= 0.6 is 0 Å². The smallest absolute Gasteiger partial charge is 0.303 e. The lowest BCUT2D eigenvalue weighted by molar-refractivity contribution is -0.137. The van der Waals surface area contributed by atoms with Crippen molar-refractivity contribution in [3.05, 3.63) is 0 Å². The Labute approximate surface area is 71.8 Å². The lowest BCUT2D eigenvalue weighted by Gasteiger charge is -2.01. The SMILES string of the molecule is CCS(=O)(=O)NCCCC(=O)O. The summed E-state index contributed by atoms with van der Waals surface area (Å²) in [5, 5.41) is 8.22. The van der Waals surface area contributed by atoms with Crippen LogP contribution in [0.4, 0.5) is 0 Å². The minimum atomic E-state index is -3.16. The van der Waals surface area contributed by atoms with Gasteiger partial charge in [0.25, 0.3) is 0 Å². The number of carbonyl (C=O) groups is 1. The molecule has 0 aromatic heterocycles. The van der Waals surface area contributed by atoms with E-state index in [1.807, 2.05) is 0 Å². The zero-order valence-corrected chi connectivity index (χ0v) is 7.73. The number of hydrogen-bond donors (Lipinski definition) is 2. The van der Waals surface area contributed by atoms with E-state index < -0.39 is 16.0 Å². The fourth-order valence-electron chi connectivity index (χ4n) is 0.569. The van der Waals surface area contributed by atoms with Crippen molar-refractivity contribution in [2.75, 3.05) is 12.3 Å². The topological polar surface area (TPSA) is 83.5 Å². The third-order valence-electron chi connectivity index (χ3n) is 1.27. The molecule has 0 aromatic rings. The number of hydrogen-bond acceptors (Lipinski definition) is 3. The van der Waals surface area contributed by atoms with Crippen LogP contribution in [0.25, 0.3) is 0 Å². The van der Waals surface area contributed by atoms with Gasteiger partial charge in [0, 0.05) is 13.0 Å². The van der Waals surface area contributed by atoms with Gasteiger partial charge in [-0.25, -0.2) is 13.1 Å². The van der Waals surface area contributed by atoms with Gasteiger partial charge >= 0.3 is 5.97 Å². The molecular weight excluding hydrogens is 182 g/mol. The van der Waals surface area contributed by atoms with Crippen molar-refractivity contribution < 1.29 is 18.3 Å². The highest BCUT2D eigenvalue weighted by Crippen LogP contribution is 1.88. The molecule has 0 fully saturated rings. The maximum Gasteiger partial charge on any atom is 0.303 e. The van der Waals surface area contributed by atoms with Crippen molar-refractivity contribution in [1.29, 1.82) is 0 Å². The molecule has 0 radical (unpaired) electrons. The van der Waals surface area contributed by atoms with Crippen LogP contribution in [0, 0.1) is 0 Å². The first kappa shape index (κ1) is 11.4. The molecule has 0 aliphatic heterocycles. The van der Waals surface area contributed by atoms with E-state index in [9.17, 15) is 13.2 Å². The Morgan fingerprint density at radius 3 is 2.50 bits per heavy atom. The summed E-state index contributed by atoms with van der Waals surface area (Å²) in [6.45, 7) is 1.72. The highest BCUT2D eigenvalue weighted by Gasteiger charge is 2.05. The fraction of sp³-hybridized carbons (Fsp3) is 0.833. The summed E-state index contributed by atoms with van der Waals surface area (Å²) in [6.07, 6.45) is 0.320. The van der Waals surface area contributed by atoms with E-state index in [1.165, 1.54) is 6.92 Å². The zero-order valence-electron chi connectivity index (χ0n) is 6.91. The molecule has 0 unspecified atom stereocenters. The number of carboxylic acids is 1. The molecule has 0 spiro atoms. The van der Waals surface area contributed by atoms with Gasteiger partial charge in [-0.15, -0.1) is 0 Å². The first-order valence-corrected chi connectivity index (χ1v) is 5.32. The van der Waals surface area contributed by atoms with E-state index in [-0.39, 0.29) is 18.7 Å². The lowest BCUT2D eigenvalue weighted by Crippen LogP contribution is -2.26. The summed E-state index contributed by atoms with van der Waals surface area (Å²) in [5.41, 5.74) is 0. The quantitative estimate of drug-likeness (QED) is 0.574. The second-order valence-electron chi connectivity index (χ2n) is 2.30. The predicted molar refractivity (Wildman–Crippen MR) is 44.3 cm³/mol. The lowest BCUT2D eigenvalue weighted by atomic mass is 10.3. The van der Waals surface area contributed by atoms with Gasteiger partial charge in [-0.05, 0) is 13.3 Å². The van der Waals surface area contributed by atoms with Gasteiger partial charge in [0.2, 0.25) is 10.0 Å². The van der Waals surface area contributed by atoms with Crippen LogP contribution in [0.3, 0.4) is 0 Å².